The zero-order chi connectivity index (χ0) is 17.4. The van der Waals surface area contributed by atoms with Gasteiger partial charge in [0.25, 0.3) is 5.91 Å². The van der Waals surface area contributed by atoms with Gasteiger partial charge >= 0.3 is 0 Å². The number of hydrogen-bond donors (Lipinski definition) is 0. The van der Waals surface area contributed by atoms with Crippen LogP contribution in [0.2, 0.25) is 0 Å². The fourth-order valence-corrected chi connectivity index (χ4v) is 4.13. The second-order valence-corrected chi connectivity index (χ2v) is 7.06. The highest BCUT2D eigenvalue weighted by Gasteiger charge is 2.44. The number of carbonyl (C=O) groups is 1. The van der Waals surface area contributed by atoms with Gasteiger partial charge in [-0.05, 0) is 25.8 Å². The van der Waals surface area contributed by atoms with Crippen molar-refractivity contribution in [3.8, 4) is 0 Å². The number of likely N-dealkylation sites (tertiary alicyclic amines) is 1. The maximum atomic E-state index is 13.0. The smallest absolute Gasteiger partial charge is 0.275 e. The average molecular weight is 343 g/mol. The maximum absolute atomic E-state index is 13.0. The highest BCUT2D eigenvalue weighted by Crippen LogP contribution is 2.37. The van der Waals surface area contributed by atoms with Crippen molar-refractivity contribution < 1.29 is 14.3 Å². The lowest BCUT2D eigenvalue weighted by Gasteiger charge is -2.38. The van der Waals surface area contributed by atoms with Gasteiger partial charge in [0.1, 0.15) is 0 Å². The van der Waals surface area contributed by atoms with Gasteiger partial charge in [-0.15, -0.1) is 0 Å². The van der Waals surface area contributed by atoms with Crippen molar-refractivity contribution in [3.05, 3.63) is 30.0 Å². The van der Waals surface area contributed by atoms with E-state index in [0.717, 1.165) is 36.8 Å². The van der Waals surface area contributed by atoms with E-state index in [1.807, 2.05) is 43.1 Å². The first-order chi connectivity index (χ1) is 12.1. The van der Waals surface area contributed by atoms with Crippen LogP contribution < -0.4 is 0 Å². The summed E-state index contributed by atoms with van der Waals surface area (Å²) < 4.78 is 13.6. The Morgan fingerprint density at radius 1 is 1.36 bits per heavy atom. The molecule has 6 nitrogen and oxygen atoms in total. The number of carbonyl (C=O) groups excluding carboxylic acids is 1. The molecule has 2 aliphatic rings. The van der Waals surface area contributed by atoms with Crippen LogP contribution in [0.1, 0.15) is 36.7 Å². The molecule has 6 heteroatoms. The van der Waals surface area contributed by atoms with Crippen molar-refractivity contribution >= 4 is 16.8 Å². The van der Waals surface area contributed by atoms with Crippen LogP contribution >= 0.6 is 0 Å². The molecule has 4 rings (SSSR count). The second-order valence-electron chi connectivity index (χ2n) is 7.06. The summed E-state index contributed by atoms with van der Waals surface area (Å²) in [5, 5.41) is 5.38. The summed E-state index contributed by atoms with van der Waals surface area (Å²) in [6, 6.07) is 7.87. The largest absolute Gasteiger partial charge is 0.376 e. The van der Waals surface area contributed by atoms with Gasteiger partial charge in [0.05, 0.1) is 23.8 Å². The minimum Gasteiger partial charge on any atom is -0.376 e. The van der Waals surface area contributed by atoms with Gasteiger partial charge in [-0.2, -0.15) is 5.10 Å². The molecule has 0 bridgehead atoms. The number of piperidine rings is 1. The first kappa shape index (κ1) is 16.5. The zero-order valence-electron chi connectivity index (χ0n) is 14.9. The molecular formula is C19H25N3O3. The lowest BCUT2D eigenvalue weighted by Crippen LogP contribution is -2.46. The van der Waals surface area contributed by atoms with E-state index < -0.39 is 0 Å². The molecule has 0 saturated carbocycles. The molecule has 2 aliphatic heterocycles. The molecule has 25 heavy (non-hydrogen) atoms. The molecular weight excluding hydrogens is 318 g/mol. The Labute approximate surface area is 147 Å². The number of amides is 1. The van der Waals surface area contributed by atoms with E-state index >= 15 is 0 Å². The highest BCUT2D eigenvalue weighted by molar-refractivity contribution is 6.04. The number of hydrogen-bond acceptors (Lipinski definition) is 4. The fourth-order valence-electron chi connectivity index (χ4n) is 4.13. The van der Waals surface area contributed by atoms with Crippen molar-refractivity contribution in [2.45, 2.75) is 37.9 Å². The Morgan fingerprint density at radius 3 is 2.88 bits per heavy atom. The van der Waals surface area contributed by atoms with Gasteiger partial charge in [-0.1, -0.05) is 18.2 Å². The SMILES string of the molecule is CCO[C@@H]1COC2(CCN(C(=O)c3nn(C)c4ccccc34)CC2)C1. The summed E-state index contributed by atoms with van der Waals surface area (Å²) in [6.07, 6.45) is 2.88. The number of nitrogens with zero attached hydrogens (tertiary/aromatic N) is 3. The quantitative estimate of drug-likeness (QED) is 0.859. The van der Waals surface area contributed by atoms with Crippen molar-refractivity contribution in [2.24, 2.45) is 7.05 Å². The third-order valence-electron chi connectivity index (χ3n) is 5.50. The zero-order valence-corrected chi connectivity index (χ0v) is 14.9. The lowest BCUT2D eigenvalue weighted by atomic mass is 9.88. The molecule has 2 aromatic rings. The Balaban J connectivity index is 1.46. The first-order valence-electron chi connectivity index (χ1n) is 9.08. The van der Waals surface area contributed by atoms with Crippen LogP contribution in [0.25, 0.3) is 10.9 Å². The molecule has 0 aliphatic carbocycles. The standard InChI is InChI=1S/C19H25N3O3/c1-3-24-14-12-19(25-13-14)8-10-22(11-9-19)18(23)17-15-6-4-5-7-16(15)21(2)20-17/h4-7,14H,3,8-13H2,1-2H3/t14-/m0/s1. The first-order valence-corrected chi connectivity index (χ1v) is 9.08. The molecule has 0 N–H and O–H groups in total. The number of para-hydroxylation sites is 1. The molecule has 2 fully saturated rings. The predicted molar refractivity (Wildman–Crippen MR) is 94.6 cm³/mol. The van der Waals surface area contributed by atoms with Crippen molar-refractivity contribution in [1.29, 1.82) is 0 Å². The van der Waals surface area contributed by atoms with Crippen LogP contribution in [-0.4, -0.2) is 58.6 Å². The Bertz CT molecular complexity index is 777. The maximum Gasteiger partial charge on any atom is 0.275 e. The summed E-state index contributed by atoms with van der Waals surface area (Å²) in [4.78, 5) is 14.9. The molecule has 1 spiro atoms. The summed E-state index contributed by atoms with van der Waals surface area (Å²) in [5.74, 6) is 0.0194. The van der Waals surface area contributed by atoms with Gasteiger partial charge in [0, 0.05) is 38.6 Å². The van der Waals surface area contributed by atoms with Gasteiger partial charge in [-0.3, -0.25) is 9.48 Å². The van der Waals surface area contributed by atoms with E-state index in [9.17, 15) is 4.79 Å². The van der Waals surface area contributed by atoms with E-state index in [4.69, 9.17) is 9.47 Å². The molecule has 2 saturated heterocycles. The monoisotopic (exact) mass is 343 g/mol. The normalized spacial score (nSPS) is 22.8. The van der Waals surface area contributed by atoms with Crippen LogP contribution in [0, 0.1) is 0 Å². The van der Waals surface area contributed by atoms with E-state index in [1.54, 1.807) is 4.68 Å². The second kappa shape index (κ2) is 6.42. The molecule has 1 aromatic carbocycles. The Morgan fingerprint density at radius 2 is 2.12 bits per heavy atom. The minimum absolute atomic E-state index is 0.0194. The summed E-state index contributed by atoms with van der Waals surface area (Å²) in [7, 11) is 1.88. The van der Waals surface area contributed by atoms with Crippen LogP contribution in [0.3, 0.4) is 0 Å². The topological polar surface area (TPSA) is 56.6 Å². The number of benzene rings is 1. The molecule has 3 heterocycles. The summed E-state index contributed by atoms with van der Waals surface area (Å²) in [5.41, 5.74) is 1.43. The van der Waals surface area contributed by atoms with E-state index in [2.05, 4.69) is 5.10 Å². The number of aryl methyl sites for hydroxylation is 1. The van der Waals surface area contributed by atoms with Gasteiger partial charge in [-0.25, -0.2) is 0 Å². The Hall–Kier alpha value is -1.92. The lowest BCUT2D eigenvalue weighted by molar-refractivity contribution is -0.0408. The average Bonchev–Trinajstić information content (AvgIpc) is 3.18. The van der Waals surface area contributed by atoms with Crippen molar-refractivity contribution in [1.82, 2.24) is 14.7 Å². The molecule has 1 atom stereocenters. The van der Waals surface area contributed by atoms with E-state index in [1.165, 1.54) is 0 Å². The molecule has 1 amide bonds. The molecule has 1 aromatic heterocycles. The molecule has 0 radical (unpaired) electrons. The number of ether oxygens (including phenoxy) is 2. The fraction of sp³-hybridized carbons (Fsp3) is 0.579. The predicted octanol–water partition coefficient (Wildman–Crippen LogP) is 2.37. The third-order valence-corrected chi connectivity index (χ3v) is 5.50. The van der Waals surface area contributed by atoms with Crippen LogP contribution in [-0.2, 0) is 16.5 Å². The minimum atomic E-state index is -0.108. The summed E-state index contributed by atoms with van der Waals surface area (Å²) in [6.45, 7) is 4.84. The van der Waals surface area contributed by atoms with Gasteiger partial charge in [0.2, 0.25) is 0 Å². The molecule has 0 unspecified atom stereocenters. The number of rotatable bonds is 3. The van der Waals surface area contributed by atoms with E-state index in [0.29, 0.717) is 25.4 Å². The van der Waals surface area contributed by atoms with Gasteiger partial charge in [0.15, 0.2) is 5.69 Å². The van der Waals surface area contributed by atoms with Gasteiger partial charge < -0.3 is 14.4 Å². The highest BCUT2D eigenvalue weighted by atomic mass is 16.6. The molecule has 134 valence electrons. The Kier molecular flexibility index (Phi) is 4.25. The summed E-state index contributed by atoms with van der Waals surface area (Å²) >= 11 is 0. The van der Waals surface area contributed by atoms with Crippen LogP contribution in [0.5, 0.6) is 0 Å². The number of aromatic nitrogens is 2. The van der Waals surface area contributed by atoms with E-state index in [-0.39, 0.29) is 17.6 Å². The van der Waals surface area contributed by atoms with Crippen LogP contribution in [0.15, 0.2) is 24.3 Å². The van der Waals surface area contributed by atoms with Crippen LogP contribution in [0.4, 0.5) is 0 Å². The number of fused-ring (bicyclic) bond motifs is 1. The van der Waals surface area contributed by atoms with Crippen molar-refractivity contribution in [3.63, 3.8) is 0 Å². The van der Waals surface area contributed by atoms with Crippen molar-refractivity contribution in [2.75, 3.05) is 26.3 Å². The third kappa shape index (κ3) is 2.93.